The molecule has 19 heavy (non-hydrogen) atoms. The first kappa shape index (κ1) is 16.2. The van der Waals surface area contributed by atoms with E-state index in [2.05, 4.69) is 20.8 Å². The lowest BCUT2D eigenvalue weighted by atomic mass is 9.86. The van der Waals surface area contributed by atoms with Crippen LogP contribution < -0.4 is 5.73 Å². The summed E-state index contributed by atoms with van der Waals surface area (Å²) in [7, 11) is -3.11. The molecule has 2 N–H and O–H groups in total. The van der Waals surface area contributed by atoms with Gasteiger partial charge < -0.3 is 5.73 Å². The van der Waals surface area contributed by atoms with Gasteiger partial charge >= 0.3 is 0 Å². The van der Waals surface area contributed by atoms with Gasteiger partial charge in [-0.15, -0.1) is 0 Å². The predicted molar refractivity (Wildman–Crippen MR) is 81.0 cm³/mol. The van der Waals surface area contributed by atoms with E-state index in [-0.39, 0.29) is 16.4 Å². The summed E-state index contributed by atoms with van der Waals surface area (Å²) in [5.74, 6) is -0.000465. The normalized spacial score (nSPS) is 14.7. The summed E-state index contributed by atoms with van der Waals surface area (Å²) < 4.78 is 23.7. The molecule has 1 atom stereocenters. The Labute approximate surface area is 117 Å². The molecule has 0 radical (unpaired) electrons. The highest BCUT2D eigenvalue weighted by molar-refractivity contribution is 7.92. The maximum atomic E-state index is 11.9. The fourth-order valence-corrected chi connectivity index (χ4v) is 2.85. The Morgan fingerprint density at radius 2 is 1.58 bits per heavy atom. The van der Waals surface area contributed by atoms with Crippen LogP contribution in [0.3, 0.4) is 0 Å². The Balaban J connectivity index is 2.88. The zero-order valence-corrected chi connectivity index (χ0v) is 13.3. The van der Waals surface area contributed by atoms with Gasteiger partial charge in [-0.25, -0.2) is 8.42 Å². The van der Waals surface area contributed by atoms with Crippen molar-refractivity contribution in [2.24, 2.45) is 5.73 Å². The average Bonchev–Trinajstić information content (AvgIpc) is 2.27. The SMILES string of the molecule is CC(C)S(=O)(=O)CC(N)c1ccc(C(C)(C)C)cc1. The predicted octanol–water partition coefficient (Wildman–Crippen LogP) is 2.81. The lowest BCUT2D eigenvalue weighted by Gasteiger charge is -2.20. The second-order valence-electron chi connectivity index (χ2n) is 6.36. The molecule has 1 rings (SSSR count). The van der Waals surface area contributed by atoms with Gasteiger partial charge in [-0.3, -0.25) is 0 Å². The van der Waals surface area contributed by atoms with E-state index in [1.165, 1.54) is 5.56 Å². The number of hydrogen-bond acceptors (Lipinski definition) is 3. The van der Waals surface area contributed by atoms with Crippen LogP contribution in [-0.4, -0.2) is 19.4 Å². The Hall–Kier alpha value is -0.870. The van der Waals surface area contributed by atoms with Crippen molar-refractivity contribution in [1.29, 1.82) is 0 Å². The molecule has 1 aromatic carbocycles. The van der Waals surface area contributed by atoms with Gasteiger partial charge in [0.1, 0.15) is 0 Å². The van der Waals surface area contributed by atoms with E-state index in [0.717, 1.165) is 5.56 Å². The summed E-state index contributed by atoms with van der Waals surface area (Å²) in [6, 6.07) is 7.46. The molecule has 0 amide bonds. The fourth-order valence-electron chi connectivity index (χ4n) is 1.77. The second kappa shape index (κ2) is 5.63. The average molecular weight is 283 g/mol. The highest BCUT2D eigenvalue weighted by atomic mass is 32.2. The van der Waals surface area contributed by atoms with Crippen LogP contribution in [-0.2, 0) is 15.3 Å². The molecule has 0 heterocycles. The van der Waals surface area contributed by atoms with E-state index < -0.39 is 15.9 Å². The van der Waals surface area contributed by atoms with Crippen LogP contribution in [0.25, 0.3) is 0 Å². The van der Waals surface area contributed by atoms with E-state index in [1.54, 1.807) is 13.8 Å². The minimum atomic E-state index is -3.11. The molecule has 0 bridgehead atoms. The van der Waals surface area contributed by atoms with Crippen molar-refractivity contribution in [2.75, 3.05) is 5.75 Å². The molecule has 4 heteroatoms. The topological polar surface area (TPSA) is 60.2 Å². The number of hydrogen-bond donors (Lipinski definition) is 1. The van der Waals surface area contributed by atoms with E-state index in [1.807, 2.05) is 24.3 Å². The van der Waals surface area contributed by atoms with Crippen molar-refractivity contribution < 1.29 is 8.42 Å². The van der Waals surface area contributed by atoms with Gasteiger partial charge in [-0.05, 0) is 30.4 Å². The lowest BCUT2D eigenvalue weighted by molar-refractivity contribution is 0.579. The quantitative estimate of drug-likeness (QED) is 0.924. The van der Waals surface area contributed by atoms with Gasteiger partial charge in [0, 0.05) is 6.04 Å². The first-order chi connectivity index (χ1) is 8.54. The summed E-state index contributed by atoms with van der Waals surface area (Å²) in [5, 5.41) is -0.382. The molecule has 0 fully saturated rings. The third kappa shape index (κ3) is 4.32. The summed E-state index contributed by atoms with van der Waals surface area (Å²) >= 11 is 0. The molecule has 0 saturated carbocycles. The molecule has 1 unspecified atom stereocenters. The van der Waals surface area contributed by atoms with Crippen molar-refractivity contribution in [3.63, 3.8) is 0 Å². The molecular weight excluding hydrogens is 258 g/mol. The van der Waals surface area contributed by atoms with Crippen molar-refractivity contribution in [2.45, 2.75) is 51.3 Å². The van der Waals surface area contributed by atoms with Crippen LogP contribution in [0.2, 0.25) is 0 Å². The fraction of sp³-hybridized carbons (Fsp3) is 0.600. The first-order valence-electron chi connectivity index (χ1n) is 6.61. The van der Waals surface area contributed by atoms with E-state index >= 15 is 0 Å². The van der Waals surface area contributed by atoms with Gasteiger partial charge in [0.2, 0.25) is 0 Å². The summed E-state index contributed by atoms with van der Waals surface area (Å²) in [5.41, 5.74) is 8.18. The molecule has 108 valence electrons. The Kier molecular flexibility index (Phi) is 4.80. The smallest absolute Gasteiger partial charge is 0.154 e. The number of nitrogens with two attached hydrogens (primary N) is 1. The monoisotopic (exact) mass is 283 g/mol. The number of rotatable bonds is 4. The Morgan fingerprint density at radius 1 is 1.11 bits per heavy atom. The standard InChI is InChI=1S/C15H25NO2S/c1-11(2)19(17,18)10-14(16)12-6-8-13(9-7-12)15(3,4)5/h6-9,11,14H,10,16H2,1-5H3. The van der Waals surface area contributed by atoms with Crippen LogP contribution in [0, 0.1) is 0 Å². The maximum absolute atomic E-state index is 11.9. The molecule has 1 aromatic rings. The van der Waals surface area contributed by atoms with E-state index in [9.17, 15) is 8.42 Å². The van der Waals surface area contributed by atoms with Crippen molar-refractivity contribution in [3.8, 4) is 0 Å². The summed E-state index contributed by atoms with van der Waals surface area (Å²) in [6.07, 6.45) is 0. The number of benzene rings is 1. The van der Waals surface area contributed by atoms with Gasteiger partial charge in [-0.1, -0.05) is 45.0 Å². The largest absolute Gasteiger partial charge is 0.323 e. The molecule has 0 aliphatic heterocycles. The zero-order valence-electron chi connectivity index (χ0n) is 12.5. The Morgan fingerprint density at radius 3 is 1.95 bits per heavy atom. The molecular formula is C15H25NO2S. The second-order valence-corrected chi connectivity index (χ2v) is 8.96. The van der Waals surface area contributed by atoms with Crippen LogP contribution in [0.5, 0.6) is 0 Å². The van der Waals surface area contributed by atoms with Crippen LogP contribution in [0.4, 0.5) is 0 Å². The molecule has 0 aliphatic rings. The van der Waals surface area contributed by atoms with E-state index in [0.29, 0.717) is 0 Å². The van der Waals surface area contributed by atoms with Crippen LogP contribution in [0.15, 0.2) is 24.3 Å². The molecule has 0 saturated heterocycles. The minimum absolute atomic E-state index is 0.000465. The van der Waals surface area contributed by atoms with Gasteiger partial charge in [-0.2, -0.15) is 0 Å². The van der Waals surface area contributed by atoms with Crippen molar-refractivity contribution in [1.82, 2.24) is 0 Å². The third-order valence-electron chi connectivity index (χ3n) is 3.33. The molecule has 0 aliphatic carbocycles. The third-order valence-corrected chi connectivity index (χ3v) is 5.60. The van der Waals surface area contributed by atoms with Gasteiger partial charge in [0.15, 0.2) is 9.84 Å². The number of sulfone groups is 1. The summed E-state index contributed by atoms with van der Waals surface area (Å²) in [6.45, 7) is 9.80. The van der Waals surface area contributed by atoms with Crippen molar-refractivity contribution >= 4 is 9.84 Å². The van der Waals surface area contributed by atoms with Crippen LogP contribution >= 0.6 is 0 Å². The van der Waals surface area contributed by atoms with E-state index in [4.69, 9.17) is 5.73 Å². The highest BCUT2D eigenvalue weighted by Crippen LogP contribution is 2.24. The zero-order chi connectivity index (χ0) is 14.8. The van der Waals surface area contributed by atoms with Crippen molar-refractivity contribution in [3.05, 3.63) is 35.4 Å². The Bertz CT molecular complexity index is 510. The molecule has 0 spiro atoms. The lowest BCUT2D eigenvalue weighted by Crippen LogP contribution is -2.27. The molecule has 0 aromatic heterocycles. The van der Waals surface area contributed by atoms with Gasteiger partial charge in [0.05, 0.1) is 11.0 Å². The first-order valence-corrected chi connectivity index (χ1v) is 8.33. The van der Waals surface area contributed by atoms with Gasteiger partial charge in [0.25, 0.3) is 0 Å². The molecule has 3 nitrogen and oxygen atoms in total. The summed E-state index contributed by atoms with van der Waals surface area (Å²) in [4.78, 5) is 0. The minimum Gasteiger partial charge on any atom is -0.323 e. The van der Waals surface area contributed by atoms with Crippen LogP contribution in [0.1, 0.15) is 51.8 Å². The maximum Gasteiger partial charge on any atom is 0.154 e. The highest BCUT2D eigenvalue weighted by Gasteiger charge is 2.21.